The topological polar surface area (TPSA) is 70.6 Å². The van der Waals surface area contributed by atoms with Gasteiger partial charge in [-0.3, -0.25) is 14.1 Å². The summed E-state index contributed by atoms with van der Waals surface area (Å²) < 4.78 is 104. The van der Waals surface area contributed by atoms with Crippen molar-refractivity contribution < 1.29 is 39.6 Å². The molecule has 1 amide bonds. The third-order valence-electron chi connectivity index (χ3n) is 5.10. The molecule has 0 saturated carbocycles. The summed E-state index contributed by atoms with van der Waals surface area (Å²) in [4.78, 5) is 16.1. The third kappa shape index (κ3) is 6.53. The largest absolute Gasteiger partial charge is 0.433 e. The van der Waals surface area contributed by atoms with Gasteiger partial charge in [0.05, 0.1) is 30.6 Å². The first-order valence-electron chi connectivity index (χ1n) is 10.2. The fourth-order valence-corrected chi connectivity index (χ4v) is 4.25. The van der Waals surface area contributed by atoms with Crippen LogP contribution in [0.15, 0.2) is 66.9 Å². The van der Waals surface area contributed by atoms with Gasteiger partial charge in [-0.15, -0.1) is 0 Å². The van der Waals surface area contributed by atoms with Gasteiger partial charge in [-0.2, -0.15) is 26.3 Å². The number of nitrogens with zero attached hydrogens (tertiary/aromatic N) is 3. The Bertz CT molecular complexity index is 1310. The van der Waals surface area contributed by atoms with Crippen molar-refractivity contribution >= 4 is 27.8 Å². The summed E-state index contributed by atoms with van der Waals surface area (Å²) in [7, 11) is -4.00. The molecule has 0 radical (unpaired) electrons. The lowest BCUT2D eigenvalue weighted by Crippen LogP contribution is -2.30. The van der Waals surface area contributed by atoms with Crippen LogP contribution in [0, 0.1) is 0 Å². The normalized spacial score (nSPS) is 12.3. The van der Waals surface area contributed by atoms with Gasteiger partial charge in [0.1, 0.15) is 5.69 Å². The summed E-state index contributed by atoms with van der Waals surface area (Å²) in [6.45, 7) is -0.703. The smallest absolute Gasteiger partial charge is 0.311 e. The van der Waals surface area contributed by atoms with Crippen LogP contribution in [0.1, 0.15) is 22.4 Å². The van der Waals surface area contributed by atoms with Crippen LogP contribution in [0.25, 0.3) is 0 Å². The molecular weight excluding hydrogens is 512 g/mol. The lowest BCUT2D eigenvalue weighted by molar-refractivity contribution is -0.141. The summed E-state index contributed by atoms with van der Waals surface area (Å²) >= 11 is 0. The van der Waals surface area contributed by atoms with E-state index in [2.05, 4.69) is 4.98 Å². The van der Waals surface area contributed by atoms with E-state index in [1.54, 1.807) is 0 Å². The molecule has 0 N–H and O–H groups in total. The van der Waals surface area contributed by atoms with Gasteiger partial charge in [0.2, 0.25) is 16.4 Å². The molecule has 13 heteroatoms. The highest BCUT2D eigenvalue weighted by atomic mass is 32.2. The van der Waals surface area contributed by atoms with Crippen LogP contribution < -0.4 is 9.21 Å². The number of hydrogen-bond donors (Lipinski definition) is 0. The summed E-state index contributed by atoms with van der Waals surface area (Å²) in [5.74, 6) is 0. The molecule has 0 aliphatic heterocycles. The number of rotatable bonds is 8. The second kappa shape index (κ2) is 10.2. The minimum Gasteiger partial charge on any atom is -0.311 e. The number of anilines is 2. The van der Waals surface area contributed by atoms with E-state index in [4.69, 9.17) is 0 Å². The Morgan fingerprint density at radius 2 is 1.44 bits per heavy atom. The average molecular weight is 531 g/mol. The summed E-state index contributed by atoms with van der Waals surface area (Å²) in [5.41, 5.74) is -1.66. The van der Waals surface area contributed by atoms with Gasteiger partial charge in [0.25, 0.3) is 0 Å². The number of aromatic nitrogens is 1. The van der Waals surface area contributed by atoms with Gasteiger partial charge < -0.3 is 4.90 Å². The highest BCUT2D eigenvalue weighted by molar-refractivity contribution is 7.92. The van der Waals surface area contributed by atoms with Crippen molar-refractivity contribution in [2.45, 2.75) is 25.4 Å². The van der Waals surface area contributed by atoms with Gasteiger partial charge in [-0.05, 0) is 47.5 Å². The number of hydrogen-bond acceptors (Lipinski definition) is 4. The maximum absolute atomic E-state index is 13.4. The van der Waals surface area contributed by atoms with Crippen LogP contribution in [0.2, 0.25) is 0 Å². The number of halogens is 6. The minimum atomic E-state index is -4.68. The van der Waals surface area contributed by atoms with E-state index in [1.165, 1.54) is 48.5 Å². The van der Waals surface area contributed by atoms with E-state index in [0.717, 1.165) is 33.8 Å². The molecule has 0 saturated heterocycles. The fourth-order valence-electron chi connectivity index (χ4n) is 3.37. The van der Waals surface area contributed by atoms with E-state index >= 15 is 0 Å². The number of amides is 1. The molecule has 1 heterocycles. The SMILES string of the molecule is CS(=O)(=O)N(Cc1ccccc1C(F)(F)F)c1ccc(N(C=O)Cc2ccc(C(F)(F)F)nc2)cc1. The van der Waals surface area contributed by atoms with Gasteiger partial charge in [-0.1, -0.05) is 24.3 Å². The molecule has 192 valence electrons. The molecule has 0 unspecified atom stereocenters. The van der Waals surface area contributed by atoms with Crippen molar-refractivity contribution in [2.24, 2.45) is 0 Å². The van der Waals surface area contributed by atoms with Gasteiger partial charge in [0, 0.05) is 11.9 Å². The molecule has 0 fully saturated rings. The first-order chi connectivity index (χ1) is 16.7. The quantitative estimate of drug-likeness (QED) is 0.294. The Morgan fingerprint density at radius 3 is 1.94 bits per heavy atom. The summed E-state index contributed by atoms with van der Waals surface area (Å²) in [6, 6.07) is 11.9. The first kappa shape index (κ1) is 27.0. The predicted octanol–water partition coefficient (Wildman–Crippen LogP) is 5.25. The van der Waals surface area contributed by atoms with Crippen molar-refractivity contribution in [3.8, 4) is 0 Å². The van der Waals surface area contributed by atoms with Crippen LogP contribution >= 0.6 is 0 Å². The van der Waals surface area contributed by atoms with Gasteiger partial charge in [0.15, 0.2) is 0 Å². The number of pyridine rings is 1. The van der Waals surface area contributed by atoms with Crippen LogP contribution in [-0.2, 0) is 40.3 Å². The van der Waals surface area contributed by atoms with E-state index < -0.39 is 40.2 Å². The number of carbonyl (C=O) groups is 1. The maximum Gasteiger partial charge on any atom is 0.433 e. The van der Waals surface area contributed by atoms with Gasteiger partial charge in [-0.25, -0.2) is 8.42 Å². The van der Waals surface area contributed by atoms with Crippen LogP contribution in [0.4, 0.5) is 37.7 Å². The van der Waals surface area contributed by atoms with Crippen molar-refractivity contribution in [1.29, 1.82) is 0 Å². The third-order valence-corrected chi connectivity index (χ3v) is 6.24. The predicted molar refractivity (Wildman–Crippen MR) is 120 cm³/mol. The van der Waals surface area contributed by atoms with Crippen LogP contribution in [0.5, 0.6) is 0 Å². The molecule has 2 aromatic carbocycles. The fraction of sp³-hybridized carbons (Fsp3) is 0.217. The molecule has 0 atom stereocenters. The highest BCUT2D eigenvalue weighted by Gasteiger charge is 2.34. The molecule has 3 aromatic rings. The van der Waals surface area contributed by atoms with Gasteiger partial charge >= 0.3 is 12.4 Å². The highest BCUT2D eigenvalue weighted by Crippen LogP contribution is 2.34. The minimum absolute atomic E-state index is 0.0558. The molecule has 36 heavy (non-hydrogen) atoms. The molecular formula is C23H19F6N3O3S. The van der Waals surface area contributed by atoms with Crippen molar-refractivity contribution in [3.63, 3.8) is 0 Å². The Balaban J connectivity index is 1.85. The van der Waals surface area contributed by atoms with E-state index in [0.29, 0.717) is 12.0 Å². The summed E-state index contributed by atoms with van der Waals surface area (Å²) in [6.07, 6.45) is -7.02. The first-order valence-corrected chi connectivity index (χ1v) is 12.0. The van der Waals surface area contributed by atoms with E-state index in [9.17, 15) is 39.6 Å². The second-order valence-electron chi connectivity index (χ2n) is 7.72. The average Bonchev–Trinajstić information content (AvgIpc) is 2.80. The molecule has 0 aliphatic carbocycles. The van der Waals surface area contributed by atoms with E-state index in [-0.39, 0.29) is 23.5 Å². The monoisotopic (exact) mass is 531 g/mol. The Morgan fingerprint density at radius 1 is 0.833 bits per heavy atom. The molecule has 1 aromatic heterocycles. The van der Waals surface area contributed by atoms with Crippen molar-refractivity contribution in [1.82, 2.24) is 4.98 Å². The van der Waals surface area contributed by atoms with Crippen molar-refractivity contribution in [3.05, 3.63) is 89.2 Å². The van der Waals surface area contributed by atoms with Crippen LogP contribution in [-0.4, -0.2) is 26.1 Å². The van der Waals surface area contributed by atoms with E-state index in [1.807, 2.05) is 0 Å². The number of alkyl halides is 6. The Hall–Kier alpha value is -3.61. The molecule has 3 rings (SSSR count). The maximum atomic E-state index is 13.4. The lowest BCUT2D eigenvalue weighted by Gasteiger charge is -2.25. The number of sulfonamides is 1. The molecule has 0 spiro atoms. The summed E-state index contributed by atoms with van der Waals surface area (Å²) in [5, 5.41) is 0. The molecule has 0 aliphatic rings. The zero-order valence-electron chi connectivity index (χ0n) is 18.6. The second-order valence-corrected chi connectivity index (χ2v) is 9.63. The van der Waals surface area contributed by atoms with Crippen molar-refractivity contribution in [2.75, 3.05) is 15.5 Å². The zero-order valence-corrected chi connectivity index (χ0v) is 19.4. The molecule has 0 bridgehead atoms. The lowest BCUT2D eigenvalue weighted by atomic mass is 10.1. The van der Waals surface area contributed by atoms with Crippen LogP contribution in [0.3, 0.4) is 0 Å². The number of carbonyl (C=O) groups excluding carboxylic acids is 1. The number of benzene rings is 2. The Labute approximate surface area is 202 Å². The molecule has 6 nitrogen and oxygen atoms in total. The standard InChI is InChI=1S/C23H19F6N3O3S/c1-36(34,35)32(14-17-4-2-3-5-20(17)22(24,25)26)19-9-7-18(8-10-19)31(15-33)13-16-6-11-21(30-12-16)23(27,28)29/h2-12,15H,13-14H2,1H3. The zero-order chi connectivity index (χ0) is 26.7. The Kier molecular flexibility index (Phi) is 7.62.